The molecule has 6 heteroatoms. The minimum atomic E-state index is 0.120. The van der Waals surface area contributed by atoms with E-state index in [0.717, 1.165) is 55.1 Å². The van der Waals surface area contributed by atoms with E-state index in [0.29, 0.717) is 5.75 Å². The number of ether oxygens (including phenoxy) is 2. The first-order valence-electron chi connectivity index (χ1n) is 10.00. The van der Waals surface area contributed by atoms with Crippen molar-refractivity contribution >= 4 is 17.2 Å². The van der Waals surface area contributed by atoms with Crippen LogP contribution in [0.2, 0.25) is 0 Å². The van der Waals surface area contributed by atoms with E-state index < -0.39 is 0 Å². The lowest BCUT2D eigenvalue weighted by Gasteiger charge is -2.14. The van der Waals surface area contributed by atoms with Crippen molar-refractivity contribution in [1.82, 2.24) is 4.98 Å². The number of nitrogens with zero attached hydrogens (tertiary/aromatic N) is 1. The summed E-state index contributed by atoms with van der Waals surface area (Å²) in [6.07, 6.45) is 3.47. The summed E-state index contributed by atoms with van der Waals surface area (Å²) < 4.78 is 11.0. The molecule has 0 amide bonds. The second-order valence-electron chi connectivity index (χ2n) is 7.15. The standard InChI is InChI=1S/C23H26N2O3S/c1-3-18-7-9-22(29-18)16-11-19(15-6-8-20(26)21(12-15)27-2)25-23(13-16)24-14-17-5-4-10-28-17/h6-9,11-13,17,26H,3-5,10,14H2,1-2H3,(H,24,25). The van der Waals surface area contributed by atoms with Crippen LogP contribution in [0.3, 0.4) is 0 Å². The zero-order chi connectivity index (χ0) is 20.2. The van der Waals surface area contributed by atoms with Crippen molar-refractivity contribution < 1.29 is 14.6 Å². The van der Waals surface area contributed by atoms with Crippen LogP contribution in [-0.4, -0.2) is 36.5 Å². The van der Waals surface area contributed by atoms with Crippen molar-refractivity contribution in [3.05, 3.63) is 47.3 Å². The number of aromatic hydroxyl groups is 1. The van der Waals surface area contributed by atoms with Crippen LogP contribution in [0.25, 0.3) is 21.7 Å². The van der Waals surface area contributed by atoms with Crippen LogP contribution in [-0.2, 0) is 11.2 Å². The first-order chi connectivity index (χ1) is 14.2. The number of thiophene rings is 1. The van der Waals surface area contributed by atoms with Crippen molar-refractivity contribution in [3.8, 4) is 33.2 Å². The topological polar surface area (TPSA) is 63.6 Å². The zero-order valence-corrected chi connectivity index (χ0v) is 17.6. The van der Waals surface area contributed by atoms with Gasteiger partial charge in [0.2, 0.25) is 0 Å². The van der Waals surface area contributed by atoms with E-state index in [1.807, 2.05) is 23.5 Å². The number of rotatable bonds is 7. The summed E-state index contributed by atoms with van der Waals surface area (Å²) in [4.78, 5) is 7.40. The average Bonchev–Trinajstić information content (AvgIpc) is 3.44. The highest BCUT2D eigenvalue weighted by molar-refractivity contribution is 7.15. The summed E-state index contributed by atoms with van der Waals surface area (Å²) in [6, 6.07) is 13.9. The zero-order valence-electron chi connectivity index (χ0n) is 16.8. The molecular weight excluding hydrogens is 384 g/mol. The minimum absolute atomic E-state index is 0.120. The van der Waals surface area contributed by atoms with Gasteiger partial charge in [-0.3, -0.25) is 0 Å². The second kappa shape index (κ2) is 8.84. The lowest BCUT2D eigenvalue weighted by molar-refractivity contribution is 0.120. The molecule has 0 saturated carbocycles. The monoisotopic (exact) mass is 410 g/mol. The summed E-state index contributed by atoms with van der Waals surface area (Å²) in [6.45, 7) is 3.76. The number of pyridine rings is 1. The summed E-state index contributed by atoms with van der Waals surface area (Å²) in [7, 11) is 1.55. The molecule has 1 aromatic carbocycles. The lowest BCUT2D eigenvalue weighted by Crippen LogP contribution is -2.19. The highest BCUT2D eigenvalue weighted by Crippen LogP contribution is 2.35. The Kier molecular flexibility index (Phi) is 6.02. The molecular formula is C23H26N2O3S. The number of hydrogen-bond acceptors (Lipinski definition) is 6. The van der Waals surface area contributed by atoms with Gasteiger partial charge in [-0.15, -0.1) is 11.3 Å². The number of aromatic nitrogens is 1. The van der Waals surface area contributed by atoms with E-state index in [2.05, 4.69) is 36.5 Å². The Labute approximate surface area is 175 Å². The molecule has 0 radical (unpaired) electrons. The lowest BCUT2D eigenvalue weighted by atomic mass is 10.1. The summed E-state index contributed by atoms with van der Waals surface area (Å²) >= 11 is 1.81. The molecule has 1 unspecified atom stereocenters. The molecule has 29 heavy (non-hydrogen) atoms. The van der Waals surface area contributed by atoms with Crippen molar-refractivity contribution in [2.24, 2.45) is 0 Å². The number of hydrogen-bond donors (Lipinski definition) is 2. The molecule has 0 bridgehead atoms. The van der Waals surface area contributed by atoms with Crippen molar-refractivity contribution in [2.45, 2.75) is 32.3 Å². The number of methoxy groups -OCH3 is 1. The largest absolute Gasteiger partial charge is 0.504 e. The fourth-order valence-corrected chi connectivity index (χ4v) is 4.43. The van der Waals surface area contributed by atoms with Gasteiger partial charge in [0.1, 0.15) is 5.82 Å². The van der Waals surface area contributed by atoms with E-state index in [1.54, 1.807) is 13.2 Å². The summed E-state index contributed by atoms with van der Waals surface area (Å²) in [5.41, 5.74) is 2.86. The fourth-order valence-electron chi connectivity index (χ4n) is 3.50. The first-order valence-corrected chi connectivity index (χ1v) is 10.8. The predicted octanol–water partition coefficient (Wildman–Crippen LogP) is 5.34. The third kappa shape index (κ3) is 4.54. The molecule has 4 rings (SSSR count). The van der Waals surface area contributed by atoms with Gasteiger partial charge < -0.3 is 19.9 Å². The van der Waals surface area contributed by atoms with Crippen molar-refractivity contribution in [2.75, 3.05) is 25.6 Å². The molecule has 5 nitrogen and oxygen atoms in total. The average molecular weight is 411 g/mol. The second-order valence-corrected chi connectivity index (χ2v) is 8.32. The van der Waals surface area contributed by atoms with Crippen molar-refractivity contribution in [3.63, 3.8) is 0 Å². The van der Waals surface area contributed by atoms with Gasteiger partial charge in [-0.25, -0.2) is 4.98 Å². The molecule has 152 valence electrons. The van der Waals surface area contributed by atoms with Gasteiger partial charge in [0.05, 0.1) is 18.9 Å². The van der Waals surface area contributed by atoms with Crippen LogP contribution in [0.1, 0.15) is 24.6 Å². The van der Waals surface area contributed by atoms with Gasteiger partial charge in [-0.1, -0.05) is 6.92 Å². The number of aryl methyl sites for hydroxylation is 1. The minimum Gasteiger partial charge on any atom is -0.504 e. The third-order valence-corrected chi connectivity index (χ3v) is 6.41. The van der Waals surface area contributed by atoms with E-state index in [9.17, 15) is 5.11 Å². The van der Waals surface area contributed by atoms with E-state index in [4.69, 9.17) is 14.5 Å². The Morgan fingerprint density at radius 2 is 2.10 bits per heavy atom. The van der Waals surface area contributed by atoms with E-state index in [1.165, 1.54) is 9.75 Å². The Balaban J connectivity index is 1.70. The van der Waals surface area contributed by atoms with Gasteiger partial charge in [-0.2, -0.15) is 0 Å². The Morgan fingerprint density at radius 1 is 1.21 bits per heavy atom. The van der Waals surface area contributed by atoms with Gasteiger partial charge >= 0.3 is 0 Å². The van der Waals surface area contributed by atoms with Crippen molar-refractivity contribution in [1.29, 1.82) is 0 Å². The third-order valence-electron chi connectivity index (χ3n) is 5.13. The van der Waals surface area contributed by atoms with E-state index in [-0.39, 0.29) is 11.9 Å². The maximum Gasteiger partial charge on any atom is 0.161 e. The van der Waals surface area contributed by atoms with Crippen LogP contribution in [0.15, 0.2) is 42.5 Å². The van der Waals surface area contributed by atoms with Gasteiger partial charge in [-0.05, 0) is 67.3 Å². The Hall–Kier alpha value is -2.57. The first kappa shape index (κ1) is 19.7. The molecule has 1 saturated heterocycles. The molecule has 0 spiro atoms. The highest BCUT2D eigenvalue weighted by Gasteiger charge is 2.16. The Bertz CT molecular complexity index is 980. The van der Waals surface area contributed by atoms with Gasteiger partial charge in [0, 0.05) is 28.5 Å². The fraction of sp³-hybridized carbons (Fsp3) is 0.348. The predicted molar refractivity (Wildman–Crippen MR) is 118 cm³/mol. The van der Waals surface area contributed by atoms with Crippen LogP contribution >= 0.6 is 11.3 Å². The molecule has 3 heterocycles. The molecule has 0 aliphatic carbocycles. The van der Waals surface area contributed by atoms with Gasteiger partial charge in [0.15, 0.2) is 11.5 Å². The normalized spacial score (nSPS) is 16.1. The molecule has 3 aromatic rings. The molecule has 2 aromatic heterocycles. The molecule has 2 N–H and O–H groups in total. The Morgan fingerprint density at radius 3 is 2.83 bits per heavy atom. The SMILES string of the molecule is CCc1ccc(-c2cc(NCC3CCCO3)nc(-c3ccc(O)c(OC)c3)c2)s1. The molecule has 1 fully saturated rings. The quantitative estimate of drug-likeness (QED) is 0.550. The summed E-state index contributed by atoms with van der Waals surface area (Å²) in [5.74, 6) is 1.38. The maximum absolute atomic E-state index is 9.93. The maximum atomic E-state index is 9.93. The smallest absolute Gasteiger partial charge is 0.161 e. The van der Waals surface area contributed by atoms with Gasteiger partial charge in [0.25, 0.3) is 0 Å². The number of anilines is 1. The van der Waals surface area contributed by atoms with Crippen LogP contribution < -0.4 is 10.1 Å². The van der Waals surface area contributed by atoms with Crippen LogP contribution in [0, 0.1) is 0 Å². The van der Waals surface area contributed by atoms with E-state index >= 15 is 0 Å². The number of benzene rings is 1. The molecule has 1 aliphatic heterocycles. The summed E-state index contributed by atoms with van der Waals surface area (Å²) in [5, 5.41) is 13.4. The number of phenols is 1. The number of phenolic OH excluding ortho intramolecular Hbond substituents is 1. The van der Waals surface area contributed by atoms with Crippen LogP contribution in [0.4, 0.5) is 5.82 Å². The molecule has 1 atom stereocenters. The highest BCUT2D eigenvalue weighted by atomic mass is 32.1. The van der Waals surface area contributed by atoms with Crippen LogP contribution in [0.5, 0.6) is 11.5 Å². The number of nitrogens with one attached hydrogen (secondary N) is 1. The molecule has 1 aliphatic rings.